The Morgan fingerprint density at radius 3 is 2.56 bits per heavy atom. The first-order chi connectivity index (χ1) is 13.0. The third-order valence-corrected chi connectivity index (χ3v) is 4.20. The van der Waals surface area contributed by atoms with Gasteiger partial charge in [-0.15, -0.1) is 0 Å². The molecule has 144 valence electrons. The van der Waals surface area contributed by atoms with Gasteiger partial charge in [-0.25, -0.2) is 0 Å². The lowest BCUT2D eigenvalue weighted by atomic mass is 10.1. The SMILES string of the molecule is CCOc1ccc(C(=O)NNC(=S)Nc2c(C)cccc2CC)cc1OC. The molecule has 0 radical (unpaired) electrons. The van der Waals surface area contributed by atoms with Crippen LogP contribution in [-0.4, -0.2) is 24.7 Å². The van der Waals surface area contributed by atoms with Crippen LogP contribution in [0.15, 0.2) is 36.4 Å². The summed E-state index contributed by atoms with van der Waals surface area (Å²) in [5, 5.41) is 3.46. The molecule has 7 heteroatoms. The predicted molar refractivity (Wildman–Crippen MR) is 112 cm³/mol. The van der Waals surface area contributed by atoms with E-state index < -0.39 is 0 Å². The van der Waals surface area contributed by atoms with E-state index in [2.05, 4.69) is 23.1 Å². The van der Waals surface area contributed by atoms with Gasteiger partial charge in [-0.1, -0.05) is 25.1 Å². The first-order valence-corrected chi connectivity index (χ1v) is 9.17. The van der Waals surface area contributed by atoms with Crippen molar-refractivity contribution in [3.05, 3.63) is 53.1 Å². The lowest BCUT2D eigenvalue weighted by Gasteiger charge is -2.16. The molecule has 0 aliphatic rings. The highest BCUT2D eigenvalue weighted by molar-refractivity contribution is 7.80. The van der Waals surface area contributed by atoms with Gasteiger partial charge in [0.05, 0.1) is 13.7 Å². The van der Waals surface area contributed by atoms with Gasteiger partial charge >= 0.3 is 0 Å². The highest BCUT2D eigenvalue weighted by Crippen LogP contribution is 2.28. The van der Waals surface area contributed by atoms with Crippen LogP contribution in [0.25, 0.3) is 0 Å². The predicted octanol–water partition coefficient (Wildman–Crippen LogP) is 3.60. The van der Waals surface area contributed by atoms with Gasteiger partial charge in [-0.3, -0.25) is 15.6 Å². The minimum absolute atomic E-state index is 0.310. The maximum Gasteiger partial charge on any atom is 0.269 e. The average Bonchev–Trinajstić information content (AvgIpc) is 2.68. The molecule has 0 spiro atoms. The number of nitrogens with one attached hydrogen (secondary N) is 3. The van der Waals surface area contributed by atoms with E-state index in [4.69, 9.17) is 21.7 Å². The summed E-state index contributed by atoms with van der Waals surface area (Å²) in [6.45, 7) is 6.49. The minimum atomic E-state index is -0.332. The number of carbonyl (C=O) groups is 1. The van der Waals surface area contributed by atoms with Crippen LogP contribution in [0.3, 0.4) is 0 Å². The van der Waals surface area contributed by atoms with Gasteiger partial charge in [0.25, 0.3) is 5.91 Å². The Kier molecular flexibility index (Phi) is 7.43. The smallest absolute Gasteiger partial charge is 0.269 e. The fraction of sp³-hybridized carbons (Fsp3) is 0.300. The summed E-state index contributed by atoms with van der Waals surface area (Å²) in [6.07, 6.45) is 0.880. The number of hydrogen-bond acceptors (Lipinski definition) is 4. The Hall–Kier alpha value is -2.80. The molecule has 0 heterocycles. The van der Waals surface area contributed by atoms with Gasteiger partial charge in [0, 0.05) is 11.3 Å². The molecule has 1 amide bonds. The first-order valence-electron chi connectivity index (χ1n) is 8.76. The van der Waals surface area contributed by atoms with Gasteiger partial charge < -0.3 is 14.8 Å². The second kappa shape index (κ2) is 9.78. The molecule has 2 aromatic rings. The average molecular weight is 388 g/mol. The van der Waals surface area contributed by atoms with Crippen molar-refractivity contribution < 1.29 is 14.3 Å². The second-order valence-electron chi connectivity index (χ2n) is 5.79. The van der Waals surface area contributed by atoms with Crippen molar-refractivity contribution in [2.75, 3.05) is 19.0 Å². The van der Waals surface area contributed by atoms with E-state index >= 15 is 0 Å². The molecule has 0 unspecified atom stereocenters. The van der Waals surface area contributed by atoms with Crippen LogP contribution in [0.4, 0.5) is 5.69 Å². The number of para-hydroxylation sites is 1. The highest BCUT2D eigenvalue weighted by Gasteiger charge is 2.12. The quantitative estimate of drug-likeness (QED) is 0.520. The van der Waals surface area contributed by atoms with Crippen LogP contribution in [0.2, 0.25) is 0 Å². The van der Waals surface area contributed by atoms with Crippen LogP contribution < -0.4 is 25.6 Å². The molecular formula is C20H25N3O3S. The molecule has 0 bridgehead atoms. The number of anilines is 1. The Labute approximate surface area is 165 Å². The topological polar surface area (TPSA) is 71.6 Å². The standard InChI is InChI=1S/C20H25N3O3S/c1-5-14-9-7-8-13(3)18(14)21-20(27)23-22-19(24)15-10-11-16(26-6-2)17(12-15)25-4/h7-12H,5-6H2,1-4H3,(H,22,24)(H2,21,23,27). The number of hydrazine groups is 1. The molecule has 0 saturated carbocycles. The van der Waals surface area contributed by atoms with Gasteiger partial charge in [0.15, 0.2) is 16.6 Å². The van der Waals surface area contributed by atoms with Gasteiger partial charge in [0.1, 0.15) is 0 Å². The third-order valence-electron chi connectivity index (χ3n) is 3.99. The van der Waals surface area contributed by atoms with E-state index in [1.165, 1.54) is 7.11 Å². The zero-order valence-electron chi connectivity index (χ0n) is 16.0. The van der Waals surface area contributed by atoms with Crippen molar-refractivity contribution in [3.8, 4) is 11.5 Å². The third kappa shape index (κ3) is 5.34. The summed E-state index contributed by atoms with van der Waals surface area (Å²) < 4.78 is 10.7. The Morgan fingerprint density at radius 1 is 1.11 bits per heavy atom. The van der Waals surface area contributed by atoms with E-state index in [1.807, 2.05) is 32.0 Å². The molecule has 0 atom stereocenters. The van der Waals surface area contributed by atoms with Crippen molar-refractivity contribution in [1.29, 1.82) is 0 Å². The van der Waals surface area contributed by atoms with E-state index in [0.29, 0.717) is 28.8 Å². The summed E-state index contributed by atoms with van der Waals surface area (Å²) in [5.41, 5.74) is 8.94. The van der Waals surface area contributed by atoms with E-state index in [0.717, 1.165) is 23.2 Å². The summed E-state index contributed by atoms with van der Waals surface area (Å²) in [6, 6.07) is 11.1. The Morgan fingerprint density at radius 2 is 1.89 bits per heavy atom. The van der Waals surface area contributed by atoms with Crippen LogP contribution in [-0.2, 0) is 6.42 Å². The Balaban J connectivity index is 2.00. The molecule has 0 fully saturated rings. The number of thiocarbonyl (C=S) groups is 1. The van der Waals surface area contributed by atoms with Crippen LogP contribution in [0.5, 0.6) is 11.5 Å². The molecule has 6 nitrogen and oxygen atoms in total. The number of rotatable bonds is 6. The van der Waals surface area contributed by atoms with Crippen molar-refractivity contribution in [2.45, 2.75) is 27.2 Å². The number of amides is 1. The molecular weight excluding hydrogens is 362 g/mol. The van der Waals surface area contributed by atoms with E-state index in [1.54, 1.807) is 18.2 Å². The van der Waals surface area contributed by atoms with Gasteiger partial charge in [-0.2, -0.15) is 0 Å². The summed E-state index contributed by atoms with van der Waals surface area (Å²) in [4.78, 5) is 12.4. The lowest BCUT2D eigenvalue weighted by Crippen LogP contribution is -2.44. The number of hydrogen-bond donors (Lipinski definition) is 3. The number of aryl methyl sites for hydroxylation is 2. The van der Waals surface area contributed by atoms with Crippen molar-refractivity contribution >= 4 is 28.9 Å². The normalized spacial score (nSPS) is 10.1. The zero-order chi connectivity index (χ0) is 19.8. The fourth-order valence-corrected chi connectivity index (χ4v) is 2.77. The molecule has 0 aliphatic carbocycles. The second-order valence-corrected chi connectivity index (χ2v) is 6.20. The molecule has 3 N–H and O–H groups in total. The number of carbonyl (C=O) groups excluding carboxylic acids is 1. The van der Waals surface area contributed by atoms with Gasteiger partial charge in [-0.05, 0) is 61.8 Å². The monoisotopic (exact) mass is 387 g/mol. The van der Waals surface area contributed by atoms with Crippen molar-refractivity contribution in [2.24, 2.45) is 0 Å². The molecule has 0 aromatic heterocycles. The molecule has 0 aliphatic heterocycles. The van der Waals surface area contributed by atoms with Crippen molar-refractivity contribution in [1.82, 2.24) is 10.9 Å². The maximum absolute atomic E-state index is 12.4. The summed E-state index contributed by atoms with van der Waals surface area (Å²) >= 11 is 5.29. The summed E-state index contributed by atoms with van der Waals surface area (Å²) in [7, 11) is 1.53. The molecule has 0 saturated heterocycles. The van der Waals surface area contributed by atoms with E-state index in [-0.39, 0.29) is 5.91 Å². The minimum Gasteiger partial charge on any atom is -0.493 e. The van der Waals surface area contributed by atoms with Gasteiger partial charge in [0.2, 0.25) is 0 Å². The highest BCUT2D eigenvalue weighted by atomic mass is 32.1. The number of benzene rings is 2. The largest absolute Gasteiger partial charge is 0.493 e. The van der Waals surface area contributed by atoms with Crippen molar-refractivity contribution in [3.63, 3.8) is 0 Å². The first kappa shape index (κ1) is 20.5. The number of ether oxygens (including phenoxy) is 2. The molecule has 2 aromatic carbocycles. The lowest BCUT2D eigenvalue weighted by molar-refractivity contribution is 0.0943. The summed E-state index contributed by atoms with van der Waals surface area (Å²) in [5.74, 6) is 0.757. The Bertz CT molecular complexity index is 824. The van der Waals surface area contributed by atoms with Crippen LogP contribution in [0, 0.1) is 6.92 Å². The molecule has 2 rings (SSSR count). The van der Waals surface area contributed by atoms with E-state index in [9.17, 15) is 4.79 Å². The maximum atomic E-state index is 12.4. The molecule has 27 heavy (non-hydrogen) atoms. The number of methoxy groups -OCH3 is 1. The van der Waals surface area contributed by atoms with Crippen LogP contribution in [0.1, 0.15) is 35.3 Å². The van der Waals surface area contributed by atoms with Crippen LogP contribution >= 0.6 is 12.2 Å². The fourth-order valence-electron chi connectivity index (χ4n) is 2.62. The zero-order valence-corrected chi connectivity index (χ0v) is 16.8.